The highest BCUT2D eigenvalue weighted by Gasteiger charge is 2.10. The topological polar surface area (TPSA) is 64.6 Å². The predicted molar refractivity (Wildman–Crippen MR) is 88.7 cm³/mol. The van der Waals surface area contributed by atoms with Crippen LogP contribution in [0.1, 0.15) is 28.6 Å². The standard InChI is InChI=1S/C17H19NO4S/c1-2-9-21-14-7-5-13(6-8-14)17(20)22-12-16(19)18-11-15-4-3-10-23-15/h3-8,10H,2,9,11-12H2,1H3,(H,18,19). The van der Waals surface area contributed by atoms with Crippen molar-refractivity contribution in [3.63, 3.8) is 0 Å². The highest BCUT2D eigenvalue weighted by atomic mass is 32.1. The fourth-order valence-corrected chi connectivity index (χ4v) is 2.42. The van der Waals surface area contributed by atoms with Crippen molar-refractivity contribution in [2.45, 2.75) is 19.9 Å². The number of ether oxygens (including phenoxy) is 2. The molecular weight excluding hydrogens is 314 g/mol. The van der Waals surface area contributed by atoms with Gasteiger partial charge in [0.05, 0.1) is 18.7 Å². The molecule has 0 bridgehead atoms. The van der Waals surface area contributed by atoms with E-state index in [9.17, 15) is 9.59 Å². The van der Waals surface area contributed by atoms with Gasteiger partial charge in [0.1, 0.15) is 5.75 Å². The smallest absolute Gasteiger partial charge is 0.338 e. The van der Waals surface area contributed by atoms with Crippen LogP contribution in [-0.4, -0.2) is 25.1 Å². The number of esters is 1. The molecule has 6 heteroatoms. The molecule has 0 unspecified atom stereocenters. The first-order valence-corrected chi connectivity index (χ1v) is 8.26. The zero-order valence-electron chi connectivity index (χ0n) is 12.9. The lowest BCUT2D eigenvalue weighted by Crippen LogP contribution is -2.28. The lowest BCUT2D eigenvalue weighted by molar-refractivity contribution is -0.124. The summed E-state index contributed by atoms with van der Waals surface area (Å²) >= 11 is 1.56. The molecule has 23 heavy (non-hydrogen) atoms. The van der Waals surface area contributed by atoms with Gasteiger partial charge in [0.15, 0.2) is 6.61 Å². The summed E-state index contributed by atoms with van der Waals surface area (Å²) < 4.78 is 10.4. The van der Waals surface area contributed by atoms with Crippen molar-refractivity contribution in [3.05, 3.63) is 52.2 Å². The minimum Gasteiger partial charge on any atom is -0.494 e. The van der Waals surface area contributed by atoms with Gasteiger partial charge in [0.2, 0.25) is 0 Å². The number of carbonyl (C=O) groups is 2. The molecular formula is C17H19NO4S. The van der Waals surface area contributed by atoms with Crippen LogP contribution in [0.5, 0.6) is 5.75 Å². The maximum atomic E-state index is 11.9. The van der Waals surface area contributed by atoms with Crippen molar-refractivity contribution in [3.8, 4) is 5.75 Å². The number of rotatable bonds is 8. The second-order valence-electron chi connectivity index (χ2n) is 4.81. The monoisotopic (exact) mass is 333 g/mol. The van der Waals surface area contributed by atoms with Crippen LogP contribution >= 0.6 is 11.3 Å². The van der Waals surface area contributed by atoms with Crippen molar-refractivity contribution in [2.24, 2.45) is 0 Å². The van der Waals surface area contributed by atoms with Gasteiger partial charge in [-0.15, -0.1) is 11.3 Å². The largest absolute Gasteiger partial charge is 0.494 e. The summed E-state index contributed by atoms with van der Waals surface area (Å²) in [6.45, 7) is 2.80. The van der Waals surface area contributed by atoms with E-state index in [2.05, 4.69) is 5.32 Å². The van der Waals surface area contributed by atoms with E-state index in [0.29, 0.717) is 24.5 Å². The fourth-order valence-electron chi connectivity index (χ4n) is 1.77. The molecule has 1 aromatic heterocycles. The zero-order chi connectivity index (χ0) is 16.5. The second kappa shape index (κ2) is 8.95. The molecule has 122 valence electrons. The third-order valence-electron chi connectivity index (χ3n) is 2.94. The van der Waals surface area contributed by atoms with Crippen LogP contribution < -0.4 is 10.1 Å². The molecule has 2 aromatic rings. The van der Waals surface area contributed by atoms with Crippen molar-refractivity contribution in [1.29, 1.82) is 0 Å². The number of thiophene rings is 1. The highest BCUT2D eigenvalue weighted by Crippen LogP contribution is 2.13. The normalized spacial score (nSPS) is 10.1. The summed E-state index contributed by atoms with van der Waals surface area (Å²) in [5.41, 5.74) is 0.389. The van der Waals surface area contributed by atoms with Crippen molar-refractivity contribution >= 4 is 23.2 Å². The van der Waals surface area contributed by atoms with Crippen molar-refractivity contribution in [2.75, 3.05) is 13.2 Å². The Morgan fingerprint density at radius 2 is 1.96 bits per heavy atom. The summed E-state index contributed by atoms with van der Waals surface area (Å²) in [7, 11) is 0. The number of carbonyl (C=O) groups excluding carboxylic acids is 2. The molecule has 0 atom stereocenters. The first kappa shape index (κ1) is 17.0. The van der Waals surface area contributed by atoms with Gasteiger partial charge >= 0.3 is 5.97 Å². The number of benzene rings is 1. The Morgan fingerprint density at radius 3 is 2.61 bits per heavy atom. The third kappa shape index (κ3) is 5.75. The van der Waals surface area contributed by atoms with Crippen LogP contribution in [0.25, 0.3) is 0 Å². The van der Waals surface area contributed by atoms with E-state index < -0.39 is 5.97 Å². The molecule has 1 N–H and O–H groups in total. The minimum atomic E-state index is -0.529. The van der Waals surface area contributed by atoms with E-state index in [1.807, 2.05) is 24.4 Å². The molecule has 5 nitrogen and oxygen atoms in total. The van der Waals surface area contributed by atoms with E-state index in [4.69, 9.17) is 9.47 Å². The predicted octanol–water partition coefficient (Wildman–Crippen LogP) is 3.01. The molecule has 2 rings (SSSR count). The lowest BCUT2D eigenvalue weighted by Gasteiger charge is -2.07. The Kier molecular flexibility index (Phi) is 6.62. The summed E-state index contributed by atoms with van der Waals surface area (Å²) in [5, 5.41) is 4.64. The van der Waals surface area contributed by atoms with Crippen LogP contribution in [-0.2, 0) is 16.1 Å². The molecule has 1 amide bonds. The zero-order valence-corrected chi connectivity index (χ0v) is 13.7. The SMILES string of the molecule is CCCOc1ccc(C(=O)OCC(=O)NCc2cccs2)cc1. The number of hydrogen-bond acceptors (Lipinski definition) is 5. The van der Waals surface area contributed by atoms with E-state index >= 15 is 0 Å². The average Bonchev–Trinajstić information content (AvgIpc) is 3.10. The van der Waals surface area contributed by atoms with Crippen LogP contribution in [0.4, 0.5) is 0 Å². The Labute approximate surface area is 139 Å². The van der Waals surface area contributed by atoms with E-state index in [0.717, 1.165) is 11.3 Å². The third-order valence-corrected chi connectivity index (χ3v) is 3.81. The molecule has 0 spiro atoms. The molecule has 0 radical (unpaired) electrons. The van der Waals surface area contributed by atoms with Gasteiger partial charge in [-0.05, 0) is 42.1 Å². The van der Waals surface area contributed by atoms with Crippen LogP contribution in [0.2, 0.25) is 0 Å². The van der Waals surface area contributed by atoms with E-state index in [-0.39, 0.29) is 12.5 Å². The van der Waals surface area contributed by atoms with E-state index in [1.165, 1.54) is 0 Å². The van der Waals surface area contributed by atoms with Gasteiger partial charge in [0, 0.05) is 4.88 Å². The Morgan fingerprint density at radius 1 is 1.17 bits per heavy atom. The van der Waals surface area contributed by atoms with Crippen molar-refractivity contribution in [1.82, 2.24) is 5.32 Å². The van der Waals surface area contributed by atoms with Crippen LogP contribution in [0, 0.1) is 0 Å². The fraction of sp³-hybridized carbons (Fsp3) is 0.294. The van der Waals surface area contributed by atoms with Gasteiger partial charge in [-0.3, -0.25) is 4.79 Å². The molecule has 0 saturated carbocycles. The van der Waals surface area contributed by atoms with Gasteiger partial charge in [-0.25, -0.2) is 4.79 Å². The van der Waals surface area contributed by atoms with Crippen LogP contribution in [0.3, 0.4) is 0 Å². The first-order valence-electron chi connectivity index (χ1n) is 7.38. The molecule has 0 fully saturated rings. The van der Waals surface area contributed by atoms with E-state index in [1.54, 1.807) is 35.6 Å². The number of nitrogens with one attached hydrogen (secondary N) is 1. The summed E-state index contributed by atoms with van der Waals surface area (Å²) in [6, 6.07) is 10.5. The quantitative estimate of drug-likeness (QED) is 0.754. The van der Waals surface area contributed by atoms with Gasteiger partial charge in [0.25, 0.3) is 5.91 Å². The molecule has 1 heterocycles. The molecule has 0 saturated heterocycles. The summed E-state index contributed by atoms with van der Waals surface area (Å²) in [5.74, 6) is -0.148. The average molecular weight is 333 g/mol. The Hall–Kier alpha value is -2.34. The molecule has 1 aromatic carbocycles. The van der Waals surface area contributed by atoms with Gasteiger partial charge in [-0.1, -0.05) is 13.0 Å². The lowest BCUT2D eigenvalue weighted by atomic mass is 10.2. The van der Waals surface area contributed by atoms with Gasteiger partial charge in [-0.2, -0.15) is 0 Å². The molecule has 0 aliphatic rings. The highest BCUT2D eigenvalue weighted by molar-refractivity contribution is 7.09. The summed E-state index contributed by atoms with van der Waals surface area (Å²) in [4.78, 5) is 24.6. The van der Waals surface area contributed by atoms with Gasteiger partial charge < -0.3 is 14.8 Å². The minimum absolute atomic E-state index is 0.293. The summed E-state index contributed by atoms with van der Waals surface area (Å²) in [6.07, 6.45) is 0.921. The first-order chi connectivity index (χ1) is 11.2. The molecule has 0 aliphatic carbocycles. The Bertz CT molecular complexity index is 623. The van der Waals surface area contributed by atoms with Crippen LogP contribution in [0.15, 0.2) is 41.8 Å². The van der Waals surface area contributed by atoms with Crippen molar-refractivity contribution < 1.29 is 19.1 Å². The number of hydrogen-bond donors (Lipinski definition) is 1. The number of amides is 1. The second-order valence-corrected chi connectivity index (χ2v) is 5.84. The molecule has 0 aliphatic heterocycles. The Balaban J connectivity index is 1.74. The maximum Gasteiger partial charge on any atom is 0.338 e. The maximum absolute atomic E-state index is 11.9.